The van der Waals surface area contributed by atoms with E-state index in [0.717, 1.165) is 12.8 Å². The van der Waals surface area contributed by atoms with E-state index in [0.29, 0.717) is 11.8 Å². The average molecular weight is 239 g/mol. The highest BCUT2D eigenvalue weighted by Gasteiger charge is 2.46. The van der Waals surface area contributed by atoms with Gasteiger partial charge in [0.15, 0.2) is 0 Å². The Bertz CT molecular complexity index is 194. The summed E-state index contributed by atoms with van der Waals surface area (Å²) in [7, 11) is 0. The van der Waals surface area contributed by atoms with E-state index in [4.69, 9.17) is 23.2 Å². The molecule has 0 spiro atoms. The van der Waals surface area contributed by atoms with Crippen LogP contribution in [0.2, 0.25) is 0 Å². The quantitative estimate of drug-likeness (QED) is 0.730. The van der Waals surface area contributed by atoms with Crippen molar-refractivity contribution in [3.8, 4) is 0 Å². The molecule has 0 aliphatic heterocycles. The van der Waals surface area contributed by atoms with Gasteiger partial charge in [-0.25, -0.2) is 0 Å². The normalized spacial score (nSPS) is 39.4. The number of hydrogen-bond donors (Lipinski definition) is 1. The molecule has 1 N–H and O–H groups in total. The molecule has 0 heterocycles. The Hall–Kier alpha value is 0.540. The lowest BCUT2D eigenvalue weighted by atomic mass is 9.68. The number of aliphatic hydroxyl groups is 1. The number of hydrogen-bond acceptors (Lipinski definition) is 1. The van der Waals surface area contributed by atoms with Gasteiger partial charge in [0.05, 0.1) is 5.60 Å². The maximum atomic E-state index is 10.5. The molecule has 3 atom stereocenters. The van der Waals surface area contributed by atoms with E-state index in [1.54, 1.807) is 0 Å². The maximum Gasteiger partial charge on any atom is 0.136 e. The first-order chi connectivity index (χ1) is 6.38. The van der Waals surface area contributed by atoms with Crippen molar-refractivity contribution in [2.24, 2.45) is 17.8 Å². The van der Waals surface area contributed by atoms with Crippen molar-refractivity contribution in [2.75, 3.05) is 0 Å². The molecule has 3 unspecified atom stereocenters. The minimum absolute atomic E-state index is 0.235. The van der Waals surface area contributed by atoms with Gasteiger partial charge in [-0.05, 0) is 30.6 Å². The Labute approximate surface area is 96.8 Å². The molecule has 1 rings (SSSR count). The fourth-order valence-electron chi connectivity index (χ4n) is 2.69. The largest absolute Gasteiger partial charge is 0.387 e. The predicted molar refractivity (Wildman–Crippen MR) is 61.8 cm³/mol. The third kappa shape index (κ3) is 2.37. The van der Waals surface area contributed by atoms with E-state index in [1.807, 2.05) is 0 Å². The summed E-state index contributed by atoms with van der Waals surface area (Å²) in [5, 5.41) is 10.5. The van der Waals surface area contributed by atoms with E-state index < -0.39 is 10.4 Å². The van der Waals surface area contributed by atoms with Crippen LogP contribution in [0, 0.1) is 17.8 Å². The third-order valence-electron chi connectivity index (χ3n) is 3.47. The van der Waals surface area contributed by atoms with E-state index in [2.05, 4.69) is 20.8 Å². The summed E-state index contributed by atoms with van der Waals surface area (Å²) >= 11 is 11.8. The molecule has 0 radical (unpaired) electrons. The monoisotopic (exact) mass is 238 g/mol. The lowest BCUT2D eigenvalue weighted by Crippen LogP contribution is -2.50. The molecular weight excluding hydrogens is 219 g/mol. The molecule has 3 heteroatoms. The van der Waals surface area contributed by atoms with Crippen molar-refractivity contribution in [3.05, 3.63) is 0 Å². The van der Waals surface area contributed by atoms with Crippen LogP contribution in [0.15, 0.2) is 0 Å². The summed E-state index contributed by atoms with van der Waals surface area (Å²) in [5.41, 5.74) is -0.880. The highest BCUT2D eigenvalue weighted by atomic mass is 35.5. The van der Waals surface area contributed by atoms with Crippen molar-refractivity contribution in [2.45, 2.75) is 50.5 Å². The van der Waals surface area contributed by atoms with Crippen LogP contribution >= 0.6 is 23.2 Å². The summed E-state index contributed by atoms with van der Waals surface area (Å²) in [4.78, 5) is -0.669. The van der Waals surface area contributed by atoms with Gasteiger partial charge in [0, 0.05) is 0 Å². The second-order valence-corrected chi connectivity index (χ2v) is 6.13. The molecule has 0 aromatic rings. The van der Waals surface area contributed by atoms with E-state index in [9.17, 15) is 5.11 Å². The fourth-order valence-corrected chi connectivity index (χ4v) is 3.19. The van der Waals surface area contributed by atoms with Gasteiger partial charge in [-0.3, -0.25) is 0 Å². The number of alkyl halides is 2. The zero-order valence-corrected chi connectivity index (χ0v) is 10.6. The molecule has 14 heavy (non-hydrogen) atoms. The van der Waals surface area contributed by atoms with E-state index in [-0.39, 0.29) is 5.92 Å². The van der Waals surface area contributed by atoms with Gasteiger partial charge < -0.3 is 5.11 Å². The van der Waals surface area contributed by atoms with Gasteiger partial charge in [-0.1, -0.05) is 27.2 Å². The Morgan fingerprint density at radius 3 is 2.29 bits per heavy atom. The molecule has 0 bridgehead atoms. The molecule has 1 aliphatic rings. The van der Waals surface area contributed by atoms with Gasteiger partial charge in [0.2, 0.25) is 0 Å². The molecule has 0 aromatic carbocycles. The van der Waals surface area contributed by atoms with Gasteiger partial charge in [0.25, 0.3) is 0 Å². The van der Waals surface area contributed by atoms with E-state index >= 15 is 0 Å². The van der Waals surface area contributed by atoms with Crippen molar-refractivity contribution in [1.82, 2.24) is 0 Å². The molecule has 0 amide bonds. The summed E-state index contributed by atoms with van der Waals surface area (Å²) in [6, 6.07) is 0. The predicted octanol–water partition coefficient (Wildman–Crippen LogP) is 3.61. The molecule has 1 saturated carbocycles. The minimum Gasteiger partial charge on any atom is -0.387 e. The van der Waals surface area contributed by atoms with Gasteiger partial charge in [0.1, 0.15) is 4.84 Å². The summed E-state index contributed by atoms with van der Waals surface area (Å²) in [5.74, 6) is 1.20. The fraction of sp³-hybridized carbons (Fsp3) is 1.00. The zero-order chi connectivity index (χ0) is 10.9. The first-order valence-electron chi connectivity index (χ1n) is 5.38. The highest BCUT2D eigenvalue weighted by Crippen LogP contribution is 2.45. The Morgan fingerprint density at radius 2 is 1.86 bits per heavy atom. The Kier molecular flexibility index (Phi) is 4.13. The van der Waals surface area contributed by atoms with Gasteiger partial charge in [-0.2, -0.15) is 0 Å². The summed E-state index contributed by atoms with van der Waals surface area (Å²) in [6.07, 6.45) is 2.93. The van der Waals surface area contributed by atoms with Gasteiger partial charge >= 0.3 is 0 Å². The second kappa shape index (κ2) is 4.59. The Morgan fingerprint density at radius 1 is 1.29 bits per heavy atom. The van der Waals surface area contributed by atoms with E-state index in [1.165, 1.54) is 6.42 Å². The molecule has 1 nitrogen and oxygen atoms in total. The van der Waals surface area contributed by atoms with Gasteiger partial charge in [-0.15, -0.1) is 23.2 Å². The molecule has 1 fully saturated rings. The van der Waals surface area contributed by atoms with Crippen LogP contribution in [-0.4, -0.2) is 15.5 Å². The van der Waals surface area contributed by atoms with Crippen LogP contribution in [0.3, 0.4) is 0 Å². The first kappa shape index (κ1) is 12.6. The molecule has 1 aliphatic carbocycles. The molecule has 84 valence electrons. The average Bonchev–Trinajstić information content (AvgIpc) is 2.02. The highest BCUT2D eigenvalue weighted by molar-refractivity contribution is 6.45. The Balaban J connectivity index is 2.83. The smallest absolute Gasteiger partial charge is 0.136 e. The maximum absolute atomic E-state index is 10.5. The van der Waals surface area contributed by atoms with Crippen molar-refractivity contribution in [1.29, 1.82) is 0 Å². The van der Waals surface area contributed by atoms with Crippen LogP contribution in [0.1, 0.15) is 40.0 Å². The lowest BCUT2D eigenvalue weighted by molar-refractivity contribution is -0.0694. The second-order valence-electron chi connectivity index (χ2n) is 5.03. The number of rotatable bonds is 2. The standard InChI is InChI=1S/C11H20Cl2O/c1-7(2)9-5-4-8(3)6-11(9,14)10(12)13/h7-10,14H,4-6H2,1-3H3. The third-order valence-corrected chi connectivity index (χ3v) is 4.23. The topological polar surface area (TPSA) is 20.2 Å². The molecule has 0 saturated heterocycles. The van der Waals surface area contributed by atoms with Crippen molar-refractivity contribution >= 4 is 23.2 Å². The molecule has 0 aromatic heterocycles. The minimum atomic E-state index is -0.880. The number of halogens is 2. The SMILES string of the molecule is CC1CCC(C(C)C)C(O)(C(Cl)Cl)C1. The first-order valence-corrected chi connectivity index (χ1v) is 6.25. The lowest BCUT2D eigenvalue weighted by Gasteiger charge is -2.45. The van der Waals surface area contributed by atoms with Crippen LogP contribution < -0.4 is 0 Å². The summed E-state index contributed by atoms with van der Waals surface area (Å²) < 4.78 is 0. The molecular formula is C11H20Cl2O. The van der Waals surface area contributed by atoms with Crippen molar-refractivity contribution < 1.29 is 5.11 Å². The van der Waals surface area contributed by atoms with Crippen LogP contribution in [0.25, 0.3) is 0 Å². The van der Waals surface area contributed by atoms with Crippen LogP contribution in [0.5, 0.6) is 0 Å². The summed E-state index contributed by atoms with van der Waals surface area (Å²) in [6.45, 7) is 6.40. The van der Waals surface area contributed by atoms with Crippen LogP contribution in [0.4, 0.5) is 0 Å². The van der Waals surface area contributed by atoms with Crippen LogP contribution in [-0.2, 0) is 0 Å². The zero-order valence-electron chi connectivity index (χ0n) is 9.13. The van der Waals surface area contributed by atoms with Crippen molar-refractivity contribution in [3.63, 3.8) is 0 Å².